The molecule has 4 N–H and O–H groups in total. The van der Waals surface area contributed by atoms with E-state index in [0.29, 0.717) is 23.4 Å². The highest BCUT2D eigenvalue weighted by Gasteiger charge is 2.18. The van der Waals surface area contributed by atoms with Crippen molar-refractivity contribution < 1.29 is 8.81 Å². The van der Waals surface area contributed by atoms with Gasteiger partial charge in [-0.25, -0.2) is 14.1 Å². The number of fused-ring (bicyclic) bond motifs is 1. The number of hydrogen-bond donors (Lipinski definition) is 2. The molecule has 0 atom stereocenters. The van der Waals surface area contributed by atoms with E-state index in [1.54, 1.807) is 4.68 Å². The Kier molecular flexibility index (Phi) is 3.34. The molecule has 3 aromatic heterocycles. The molecular formula is C16H14FN7O. The molecule has 4 aromatic rings. The summed E-state index contributed by atoms with van der Waals surface area (Å²) in [5.41, 5.74) is 15.4. The number of nitrogens with two attached hydrogens (primary N) is 2. The molecular weight excluding hydrogens is 325 g/mol. The van der Waals surface area contributed by atoms with E-state index in [2.05, 4.69) is 20.3 Å². The number of aryl methyl sites for hydroxylation is 1. The predicted octanol–water partition coefficient (Wildman–Crippen LogP) is 2.14. The molecule has 0 saturated carbocycles. The molecule has 25 heavy (non-hydrogen) atoms. The van der Waals surface area contributed by atoms with Crippen LogP contribution in [0.5, 0.6) is 0 Å². The van der Waals surface area contributed by atoms with Gasteiger partial charge in [0.05, 0.1) is 6.54 Å². The van der Waals surface area contributed by atoms with Crippen LogP contribution in [0.2, 0.25) is 0 Å². The van der Waals surface area contributed by atoms with Gasteiger partial charge in [-0.15, -0.1) is 5.10 Å². The maximum absolute atomic E-state index is 13.3. The van der Waals surface area contributed by atoms with Gasteiger partial charge >= 0.3 is 0 Å². The fourth-order valence-electron chi connectivity index (χ4n) is 2.60. The maximum Gasteiger partial charge on any atom is 0.222 e. The smallest absolute Gasteiger partial charge is 0.222 e. The molecule has 0 aliphatic rings. The number of rotatable bonds is 3. The zero-order chi connectivity index (χ0) is 17.6. The third-order valence-corrected chi connectivity index (χ3v) is 3.85. The van der Waals surface area contributed by atoms with Crippen molar-refractivity contribution >= 4 is 22.8 Å². The number of nitrogens with zero attached hydrogens (tertiary/aromatic N) is 5. The number of nitrogen functional groups attached to an aromatic ring is 2. The van der Waals surface area contributed by atoms with Gasteiger partial charge in [-0.2, -0.15) is 4.98 Å². The monoisotopic (exact) mass is 339 g/mol. The molecule has 0 bridgehead atoms. The van der Waals surface area contributed by atoms with E-state index in [1.807, 2.05) is 25.1 Å². The number of aromatic nitrogens is 5. The Balaban J connectivity index is 1.81. The normalized spacial score (nSPS) is 11.3. The van der Waals surface area contributed by atoms with Crippen molar-refractivity contribution in [2.75, 3.05) is 11.5 Å². The Morgan fingerprint density at radius 3 is 2.76 bits per heavy atom. The van der Waals surface area contributed by atoms with Crippen LogP contribution < -0.4 is 11.5 Å². The quantitative estimate of drug-likeness (QED) is 0.548. The summed E-state index contributed by atoms with van der Waals surface area (Å²) in [5, 5.41) is 8.23. The average Bonchev–Trinajstić information content (AvgIpc) is 3.17. The minimum absolute atomic E-state index is 0.0244. The third-order valence-electron chi connectivity index (χ3n) is 3.85. The summed E-state index contributed by atoms with van der Waals surface area (Å²) >= 11 is 0. The molecule has 0 saturated heterocycles. The van der Waals surface area contributed by atoms with Crippen LogP contribution in [0, 0.1) is 12.7 Å². The van der Waals surface area contributed by atoms with Crippen LogP contribution in [-0.4, -0.2) is 25.0 Å². The molecule has 4 rings (SSSR count). The zero-order valence-corrected chi connectivity index (χ0v) is 13.3. The van der Waals surface area contributed by atoms with Crippen molar-refractivity contribution in [3.8, 4) is 11.5 Å². The summed E-state index contributed by atoms with van der Waals surface area (Å²) in [7, 11) is 0. The molecule has 0 fully saturated rings. The van der Waals surface area contributed by atoms with Crippen LogP contribution in [0.3, 0.4) is 0 Å². The Morgan fingerprint density at radius 2 is 2.04 bits per heavy atom. The Hall–Kier alpha value is -3.49. The molecule has 8 nitrogen and oxygen atoms in total. The van der Waals surface area contributed by atoms with E-state index >= 15 is 0 Å². The molecule has 3 heterocycles. The van der Waals surface area contributed by atoms with Crippen molar-refractivity contribution in [3.05, 3.63) is 47.5 Å². The second kappa shape index (κ2) is 5.55. The lowest BCUT2D eigenvalue weighted by molar-refractivity contribution is 0.540. The van der Waals surface area contributed by atoms with Gasteiger partial charge in [-0.3, -0.25) is 0 Å². The van der Waals surface area contributed by atoms with Crippen molar-refractivity contribution in [1.29, 1.82) is 0 Å². The molecule has 0 aliphatic heterocycles. The zero-order valence-electron chi connectivity index (χ0n) is 13.3. The highest BCUT2D eigenvalue weighted by Crippen LogP contribution is 2.27. The minimum Gasteiger partial charge on any atom is -0.459 e. The standard InChI is InChI=1S/C16H14FN7O/c1-8-4-9(2-3-11(8)18)6-24-15-14(22-23-24)13(20-16(19)21-15)12-5-10(17)7-25-12/h2-5,7H,6,18H2,1H3,(H2,19,20,21). The molecule has 0 radical (unpaired) electrons. The van der Waals surface area contributed by atoms with E-state index in [0.717, 1.165) is 23.1 Å². The Labute approximate surface area is 141 Å². The molecule has 0 amide bonds. The topological polar surface area (TPSA) is 122 Å². The van der Waals surface area contributed by atoms with Crippen molar-refractivity contribution in [2.45, 2.75) is 13.5 Å². The lowest BCUT2D eigenvalue weighted by Gasteiger charge is -2.06. The second-order valence-electron chi connectivity index (χ2n) is 5.67. The Bertz CT molecular complexity index is 1090. The number of benzene rings is 1. The van der Waals surface area contributed by atoms with Crippen molar-refractivity contribution in [3.63, 3.8) is 0 Å². The van der Waals surface area contributed by atoms with Crippen LogP contribution in [0.4, 0.5) is 16.0 Å². The van der Waals surface area contributed by atoms with E-state index in [9.17, 15) is 4.39 Å². The maximum atomic E-state index is 13.3. The molecule has 0 aliphatic carbocycles. The van der Waals surface area contributed by atoms with Gasteiger partial charge in [0.25, 0.3) is 0 Å². The van der Waals surface area contributed by atoms with E-state index in [-0.39, 0.29) is 11.7 Å². The molecule has 0 spiro atoms. The highest BCUT2D eigenvalue weighted by molar-refractivity contribution is 5.85. The van der Waals surface area contributed by atoms with E-state index in [4.69, 9.17) is 15.9 Å². The molecule has 126 valence electrons. The summed E-state index contributed by atoms with van der Waals surface area (Å²) in [6.07, 6.45) is 0.987. The summed E-state index contributed by atoms with van der Waals surface area (Å²) in [6.45, 7) is 2.36. The largest absolute Gasteiger partial charge is 0.459 e. The number of halogens is 1. The molecule has 0 unspecified atom stereocenters. The number of furan rings is 1. The molecule has 9 heteroatoms. The van der Waals surface area contributed by atoms with Crippen LogP contribution in [-0.2, 0) is 6.54 Å². The SMILES string of the molecule is Cc1cc(Cn2nnc3c(-c4cc(F)co4)nc(N)nc32)ccc1N. The first-order chi connectivity index (χ1) is 12.0. The second-order valence-corrected chi connectivity index (χ2v) is 5.67. The first-order valence-corrected chi connectivity index (χ1v) is 7.47. The lowest BCUT2D eigenvalue weighted by Crippen LogP contribution is -2.05. The van der Waals surface area contributed by atoms with Gasteiger partial charge in [-0.05, 0) is 24.1 Å². The average molecular weight is 339 g/mol. The summed E-state index contributed by atoms with van der Waals surface area (Å²) in [6, 6.07) is 6.92. The van der Waals surface area contributed by atoms with Crippen LogP contribution in [0.25, 0.3) is 22.6 Å². The Morgan fingerprint density at radius 1 is 1.20 bits per heavy atom. The lowest BCUT2D eigenvalue weighted by atomic mass is 10.1. The first kappa shape index (κ1) is 15.1. The van der Waals surface area contributed by atoms with Gasteiger partial charge in [-0.1, -0.05) is 17.3 Å². The van der Waals surface area contributed by atoms with Crippen molar-refractivity contribution in [2.24, 2.45) is 0 Å². The summed E-state index contributed by atoms with van der Waals surface area (Å²) < 4.78 is 20.0. The fourth-order valence-corrected chi connectivity index (χ4v) is 2.60. The minimum atomic E-state index is -0.509. The van der Waals surface area contributed by atoms with Crippen LogP contribution in [0.15, 0.2) is 34.9 Å². The van der Waals surface area contributed by atoms with Gasteiger partial charge in [0.2, 0.25) is 5.95 Å². The predicted molar refractivity (Wildman–Crippen MR) is 89.9 cm³/mol. The van der Waals surface area contributed by atoms with Gasteiger partial charge in [0.15, 0.2) is 22.7 Å². The summed E-state index contributed by atoms with van der Waals surface area (Å²) in [5.74, 6) is -0.270. The van der Waals surface area contributed by atoms with E-state index in [1.165, 1.54) is 6.07 Å². The number of anilines is 2. The first-order valence-electron chi connectivity index (χ1n) is 7.47. The fraction of sp³-hybridized carbons (Fsp3) is 0.125. The van der Waals surface area contributed by atoms with Crippen LogP contribution in [0.1, 0.15) is 11.1 Å². The van der Waals surface area contributed by atoms with E-state index < -0.39 is 5.82 Å². The third kappa shape index (κ3) is 2.65. The van der Waals surface area contributed by atoms with Gasteiger partial charge in [0.1, 0.15) is 12.0 Å². The van der Waals surface area contributed by atoms with Gasteiger partial charge in [0, 0.05) is 11.8 Å². The number of hydrogen-bond acceptors (Lipinski definition) is 7. The summed E-state index contributed by atoms with van der Waals surface area (Å²) in [4.78, 5) is 8.31. The molecule has 1 aromatic carbocycles. The van der Waals surface area contributed by atoms with Gasteiger partial charge < -0.3 is 15.9 Å². The van der Waals surface area contributed by atoms with Crippen LogP contribution >= 0.6 is 0 Å². The van der Waals surface area contributed by atoms with Crippen molar-refractivity contribution in [1.82, 2.24) is 25.0 Å². The highest BCUT2D eigenvalue weighted by atomic mass is 19.1.